The maximum atomic E-state index is 14.3. The Kier molecular flexibility index (Phi) is 11.3. The van der Waals surface area contributed by atoms with Gasteiger partial charge in [-0.3, -0.25) is 13.9 Å². The van der Waals surface area contributed by atoms with E-state index in [1.54, 1.807) is 36.4 Å². The number of carbonyl (C=O) groups excluding carboxylic acids is 2. The van der Waals surface area contributed by atoms with E-state index in [1.165, 1.54) is 37.3 Å². The van der Waals surface area contributed by atoms with Crippen molar-refractivity contribution in [3.63, 3.8) is 0 Å². The Labute approximate surface area is 266 Å². The number of rotatable bonds is 12. The summed E-state index contributed by atoms with van der Waals surface area (Å²) < 4.78 is 40.3. The first kappa shape index (κ1) is 34.7. The van der Waals surface area contributed by atoms with Gasteiger partial charge in [0.15, 0.2) is 11.5 Å². The largest absolute Gasteiger partial charge is 0.493 e. The van der Waals surface area contributed by atoms with Gasteiger partial charge in [0.1, 0.15) is 12.6 Å². The second-order valence-corrected chi connectivity index (χ2v) is 14.0. The third kappa shape index (κ3) is 8.66. The predicted octanol–water partition coefficient (Wildman–Crippen LogP) is 5.89. The van der Waals surface area contributed by atoms with Crippen molar-refractivity contribution < 1.29 is 27.5 Å². The number of anilines is 1. The van der Waals surface area contributed by atoms with Gasteiger partial charge in [0.25, 0.3) is 10.0 Å². The fourth-order valence-corrected chi connectivity index (χ4v) is 6.43. The summed E-state index contributed by atoms with van der Waals surface area (Å²) in [6, 6.07) is 15.7. The van der Waals surface area contributed by atoms with Gasteiger partial charge in [-0.2, -0.15) is 0 Å². The second kappa shape index (κ2) is 14.3. The zero-order valence-electron chi connectivity index (χ0n) is 26.6. The topological polar surface area (TPSA) is 105 Å². The molecule has 0 saturated heterocycles. The molecule has 0 radical (unpaired) electrons. The van der Waals surface area contributed by atoms with Gasteiger partial charge in [-0.05, 0) is 94.1 Å². The minimum Gasteiger partial charge on any atom is -0.493 e. The quantitative estimate of drug-likeness (QED) is 0.264. The van der Waals surface area contributed by atoms with E-state index < -0.39 is 34.1 Å². The number of carbonyl (C=O) groups is 2. The van der Waals surface area contributed by atoms with Crippen LogP contribution in [0.3, 0.4) is 0 Å². The highest BCUT2D eigenvalue weighted by Gasteiger charge is 2.35. The minimum absolute atomic E-state index is 0.0726. The smallest absolute Gasteiger partial charge is 0.264 e. The molecular weight excluding hydrogens is 602 g/mol. The summed E-state index contributed by atoms with van der Waals surface area (Å²) in [5.74, 6) is -0.276. The molecule has 2 amide bonds. The number of hydrogen-bond acceptors (Lipinski definition) is 6. The zero-order chi connectivity index (χ0) is 32.8. The van der Waals surface area contributed by atoms with Crippen LogP contribution in [0.1, 0.15) is 50.8 Å². The SMILES string of the molecule is CC[C@@H](C(=O)NC(C)(C)C)N(Cc1ccc(Cl)cc1)C(=O)CN(c1cc(C)cc(C)c1)S(=O)(=O)c1ccc(OC)c(OC)c1. The lowest BCUT2D eigenvalue weighted by Crippen LogP contribution is -2.55. The third-order valence-corrected chi connectivity index (χ3v) is 8.89. The van der Waals surface area contributed by atoms with Gasteiger partial charge in [-0.25, -0.2) is 8.42 Å². The van der Waals surface area contributed by atoms with Crippen LogP contribution in [0.15, 0.2) is 65.6 Å². The van der Waals surface area contributed by atoms with Gasteiger partial charge in [0.05, 0.1) is 24.8 Å². The molecule has 9 nitrogen and oxygen atoms in total. The molecule has 3 aromatic rings. The molecule has 1 atom stereocenters. The second-order valence-electron chi connectivity index (χ2n) is 11.7. The summed E-state index contributed by atoms with van der Waals surface area (Å²) in [5.41, 5.74) is 2.18. The van der Waals surface area contributed by atoms with Crippen LogP contribution in [-0.2, 0) is 26.2 Å². The number of methoxy groups -OCH3 is 2. The van der Waals surface area contributed by atoms with Crippen molar-refractivity contribution in [2.75, 3.05) is 25.1 Å². The molecule has 0 spiro atoms. The predicted molar refractivity (Wildman–Crippen MR) is 174 cm³/mol. The first-order valence-electron chi connectivity index (χ1n) is 14.3. The first-order valence-corrected chi connectivity index (χ1v) is 16.1. The molecule has 1 N–H and O–H groups in total. The monoisotopic (exact) mass is 643 g/mol. The number of aryl methyl sites for hydroxylation is 2. The van der Waals surface area contributed by atoms with Crippen LogP contribution in [0.4, 0.5) is 5.69 Å². The number of sulfonamides is 1. The van der Waals surface area contributed by atoms with Gasteiger partial charge >= 0.3 is 0 Å². The van der Waals surface area contributed by atoms with Crippen molar-refractivity contribution in [3.05, 3.63) is 82.4 Å². The highest BCUT2D eigenvalue weighted by Crippen LogP contribution is 2.33. The highest BCUT2D eigenvalue weighted by atomic mass is 35.5. The summed E-state index contributed by atoms with van der Waals surface area (Å²) in [6.07, 6.45) is 0.313. The molecule has 11 heteroatoms. The summed E-state index contributed by atoms with van der Waals surface area (Å²) in [7, 11) is -1.42. The average molecular weight is 644 g/mol. The Morgan fingerprint density at radius 3 is 2.02 bits per heavy atom. The number of hydrogen-bond donors (Lipinski definition) is 1. The van der Waals surface area contributed by atoms with Crippen LogP contribution in [0.5, 0.6) is 11.5 Å². The van der Waals surface area contributed by atoms with Crippen LogP contribution < -0.4 is 19.1 Å². The van der Waals surface area contributed by atoms with Crippen molar-refractivity contribution >= 4 is 39.1 Å². The van der Waals surface area contributed by atoms with E-state index in [1.807, 2.05) is 47.6 Å². The van der Waals surface area contributed by atoms with Crippen molar-refractivity contribution in [3.8, 4) is 11.5 Å². The molecule has 238 valence electrons. The van der Waals surface area contributed by atoms with E-state index in [0.717, 1.165) is 21.0 Å². The Balaban J connectivity index is 2.14. The zero-order valence-corrected chi connectivity index (χ0v) is 28.2. The normalized spacial score (nSPS) is 12.3. The van der Waals surface area contributed by atoms with Gasteiger partial charge in [0, 0.05) is 23.2 Å². The molecule has 0 unspecified atom stereocenters. The van der Waals surface area contributed by atoms with Crippen molar-refractivity contribution in [1.29, 1.82) is 0 Å². The van der Waals surface area contributed by atoms with Gasteiger partial charge in [0.2, 0.25) is 11.8 Å². The van der Waals surface area contributed by atoms with E-state index in [9.17, 15) is 18.0 Å². The average Bonchev–Trinajstić information content (AvgIpc) is 2.94. The van der Waals surface area contributed by atoms with Crippen LogP contribution in [0.2, 0.25) is 5.02 Å². The number of amides is 2. The molecule has 0 heterocycles. The van der Waals surface area contributed by atoms with E-state index in [0.29, 0.717) is 22.9 Å². The molecule has 0 fully saturated rings. The number of benzene rings is 3. The van der Waals surface area contributed by atoms with E-state index >= 15 is 0 Å². The molecular formula is C33H42ClN3O6S. The van der Waals surface area contributed by atoms with Crippen molar-refractivity contribution in [2.45, 2.75) is 71.0 Å². The summed E-state index contributed by atoms with van der Waals surface area (Å²) in [5, 5.41) is 3.50. The van der Waals surface area contributed by atoms with Gasteiger partial charge in [-0.15, -0.1) is 0 Å². The molecule has 0 aromatic heterocycles. The van der Waals surface area contributed by atoms with E-state index in [-0.39, 0.29) is 23.1 Å². The summed E-state index contributed by atoms with van der Waals surface area (Å²) >= 11 is 6.10. The number of nitrogens with one attached hydrogen (secondary N) is 1. The Morgan fingerprint density at radius 1 is 0.909 bits per heavy atom. The maximum Gasteiger partial charge on any atom is 0.264 e. The molecule has 3 rings (SSSR count). The number of nitrogens with zero attached hydrogens (tertiary/aromatic N) is 2. The van der Waals surface area contributed by atoms with E-state index in [4.69, 9.17) is 21.1 Å². The molecule has 0 saturated carbocycles. The van der Waals surface area contributed by atoms with Crippen LogP contribution in [0.25, 0.3) is 0 Å². The van der Waals surface area contributed by atoms with Crippen LogP contribution in [0, 0.1) is 13.8 Å². The highest BCUT2D eigenvalue weighted by molar-refractivity contribution is 7.92. The number of ether oxygens (including phenoxy) is 2. The van der Waals surface area contributed by atoms with Crippen molar-refractivity contribution in [1.82, 2.24) is 10.2 Å². The standard InChI is InChI=1S/C33H42ClN3O6S/c1-9-28(32(39)35-33(4,5)6)36(20-24-10-12-25(34)13-11-24)31(38)21-37(26-17-22(2)16-23(3)18-26)44(40,41)27-14-15-29(42-7)30(19-27)43-8/h10-19,28H,9,20-21H2,1-8H3,(H,35,39)/t28-/m0/s1. The Bertz CT molecular complexity index is 1570. The first-order chi connectivity index (χ1) is 20.6. The lowest BCUT2D eigenvalue weighted by molar-refractivity contribution is -0.141. The van der Waals surface area contributed by atoms with Crippen LogP contribution >= 0.6 is 11.6 Å². The molecule has 0 bridgehead atoms. The lowest BCUT2D eigenvalue weighted by atomic mass is 10.1. The third-order valence-electron chi connectivity index (χ3n) is 6.87. The maximum absolute atomic E-state index is 14.3. The van der Waals surface area contributed by atoms with Crippen molar-refractivity contribution in [2.24, 2.45) is 0 Å². The molecule has 0 aliphatic heterocycles. The lowest BCUT2D eigenvalue weighted by Gasteiger charge is -2.35. The molecule has 44 heavy (non-hydrogen) atoms. The Hall–Kier alpha value is -3.76. The minimum atomic E-state index is -4.30. The molecule has 0 aliphatic carbocycles. The summed E-state index contributed by atoms with van der Waals surface area (Å²) in [6.45, 7) is 10.6. The van der Waals surface area contributed by atoms with Gasteiger partial charge in [-0.1, -0.05) is 36.7 Å². The fraction of sp³-hybridized carbons (Fsp3) is 0.394. The van der Waals surface area contributed by atoms with E-state index in [2.05, 4.69) is 5.32 Å². The fourth-order valence-electron chi connectivity index (χ4n) is 4.89. The number of halogens is 1. The van der Waals surface area contributed by atoms with Crippen LogP contribution in [-0.4, -0.2) is 57.5 Å². The Morgan fingerprint density at radius 2 is 1.50 bits per heavy atom. The van der Waals surface area contributed by atoms with Gasteiger partial charge < -0.3 is 19.7 Å². The molecule has 3 aromatic carbocycles. The summed E-state index contributed by atoms with van der Waals surface area (Å²) in [4.78, 5) is 29.2. The molecule has 0 aliphatic rings.